The normalized spacial score (nSPS) is 12.7. The largest absolute Gasteiger partial charge is 0.508 e. The molecule has 0 radical (unpaired) electrons. The lowest BCUT2D eigenvalue weighted by molar-refractivity contribution is -0.141. The Hall–Kier alpha value is -1.46. The van der Waals surface area contributed by atoms with E-state index in [2.05, 4.69) is 56.5 Å². The van der Waals surface area contributed by atoms with Crippen molar-refractivity contribution in [2.75, 3.05) is 17.7 Å². The van der Waals surface area contributed by atoms with E-state index in [4.69, 9.17) is 9.47 Å². The van der Waals surface area contributed by atoms with E-state index in [0.717, 1.165) is 8.04 Å². The summed E-state index contributed by atoms with van der Waals surface area (Å²) in [5.74, 6) is -0.599. The molecule has 0 spiro atoms. The zero-order valence-corrected chi connectivity index (χ0v) is 20.2. The van der Waals surface area contributed by atoms with Crippen LogP contribution in [0.1, 0.15) is 25.0 Å². The molecule has 0 aliphatic carbocycles. The fourth-order valence-corrected chi connectivity index (χ4v) is 3.46. The van der Waals surface area contributed by atoms with Crippen LogP contribution in [0.2, 0.25) is 0 Å². The molecule has 2 atom stereocenters. The van der Waals surface area contributed by atoms with Gasteiger partial charge in [-0.1, -0.05) is 22.9 Å². The molecule has 0 saturated carbocycles. The number of thiol groups is 1. The van der Waals surface area contributed by atoms with Gasteiger partial charge in [0, 0.05) is 25.2 Å². The van der Waals surface area contributed by atoms with E-state index < -0.39 is 18.2 Å². The number of hydrogen-bond donors (Lipinski definition) is 3. The summed E-state index contributed by atoms with van der Waals surface area (Å²) >= 11 is 9.34. The summed E-state index contributed by atoms with van der Waals surface area (Å²) in [6, 6.07) is 12.2. The molecule has 2 N–H and O–H groups in total. The van der Waals surface area contributed by atoms with E-state index in [9.17, 15) is 14.7 Å². The highest BCUT2D eigenvalue weighted by Gasteiger charge is 2.27. The standard InChI is InChI=1S/C20H21BrINO5S/c1-12(8-9-27-18(25)11-29)19(16-10-14(22)4-7-17(16)24)28-20(26)23-15-5-2-13(21)3-6-15/h2-7,10,12,19,24,29H,8-9,11H2,1H3,(H,23,26)/t12-,19+/m1/s1. The van der Waals surface area contributed by atoms with Crippen LogP contribution in [0.15, 0.2) is 46.9 Å². The lowest BCUT2D eigenvalue weighted by Crippen LogP contribution is -2.23. The molecular formula is C20H21BrINO5S. The second-order valence-electron chi connectivity index (χ2n) is 6.31. The summed E-state index contributed by atoms with van der Waals surface area (Å²) in [5, 5.41) is 13.0. The number of carbonyl (C=O) groups is 2. The van der Waals surface area contributed by atoms with Gasteiger partial charge in [0.05, 0.1) is 12.4 Å². The molecule has 6 nitrogen and oxygen atoms in total. The molecule has 0 saturated heterocycles. The molecule has 0 aromatic heterocycles. The number of amides is 1. The molecule has 0 heterocycles. The monoisotopic (exact) mass is 593 g/mol. The molecule has 2 aromatic carbocycles. The molecule has 2 rings (SSSR count). The Bertz CT molecular complexity index is 849. The maximum absolute atomic E-state index is 12.5. The average molecular weight is 594 g/mol. The highest BCUT2D eigenvalue weighted by Crippen LogP contribution is 2.35. The number of phenolic OH excluding ortho intramolecular Hbond substituents is 1. The Kier molecular flexibility index (Phi) is 9.57. The number of halogens is 2. The Balaban J connectivity index is 2.14. The van der Waals surface area contributed by atoms with Crippen LogP contribution < -0.4 is 5.32 Å². The van der Waals surface area contributed by atoms with E-state index in [1.807, 2.05) is 6.92 Å². The van der Waals surface area contributed by atoms with Crippen molar-refractivity contribution < 1.29 is 24.2 Å². The van der Waals surface area contributed by atoms with Gasteiger partial charge in [-0.25, -0.2) is 4.79 Å². The Morgan fingerprint density at radius 1 is 1.24 bits per heavy atom. The Morgan fingerprint density at radius 3 is 2.59 bits per heavy atom. The number of hydrogen-bond acceptors (Lipinski definition) is 6. The zero-order valence-electron chi connectivity index (χ0n) is 15.6. The third-order valence-corrected chi connectivity index (χ3v) is 5.56. The number of anilines is 1. The predicted molar refractivity (Wildman–Crippen MR) is 126 cm³/mol. The van der Waals surface area contributed by atoms with E-state index in [0.29, 0.717) is 17.7 Å². The zero-order chi connectivity index (χ0) is 21.4. The van der Waals surface area contributed by atoms with Gasteiger partial charge in [-0.05, 0) is 71.5 Å². The van der Waals surface area contributed by atoms with Crippen molar-refractivity contribution in [2.45, 2.75) is 19.4 Å². The highest BCUT2D eigenvalue weighted by atomic mass is 127. The first-order valence-corrected chi connectivity index (χ1v) is 11.3. The van der Waals surface area contributed by atoms with Gasteiger partial charge in [-0.2, -0.15) is 12.6 Å². The van der Waals surface area contributed by atoms with Crippen molar-refractivity contribution in [3.05, 3.63) is 56.1 Å². The summed E-state index contributed by atoms with van der Waals surface area (Å²) < 4.78 is 12.5. The van der Waals surface area contributed by atoms with Crippen LogP contribution in [-0.2, 0) is 14.3 Å². The second kappa shape index (κ2) is 11.7. The number of esters is 1. The molecule has 0 bridgehead atoms. The fraction of sp³-hybridized carbons (Fsp3) is 0.300. The predicted octanol–water partition coefficient (Wildman–Crippen LogP) is 5.55. The van der Waals surface area contributed by atoms with Crippen molar-refractivity contribution in [3.63, 3.8) is 0 Å². The van der Waals surface area contributed by atoms with Gasteiger partial charge in [0.1, 0.15) is 11.9 Å². The van der Waals surface area contributed by atoms with Crippen LogP contribution >= 0.6 is 51.1 Å². The SMILES string of the molecule is C[C@H](CCOC(=O)CS)[C@H](OC(=O)Nc1ccc(Br)cc1)c1cc(I)ccc1O. The van der Waals surface area contributed by atoms with Crippen LogP contribution in [0.25, 0.3) is 0 Å². The quantitative estimate of drug-likeness (QED) is 0.212. The number of nitrogens with one attached hydrogen (secondary N) is 1. The maximum atomic E-state index is 12.5. The average Bonchev–Trinajstić information content (AvgIpc) is 2.69. The number of ether oxygens (including phenoxy) is 2. The molecule has 0 unspecified atom stereocenters. The van der Waals surface area contributed by atoms with Gasteiger partial charge in [0.15, 0.2) is 0 Å². The third kappa shape index (κ3) is 7.71. The molecule has 9 heteroatoms. The van der Waals surface area contributed by atoms with Gasteiger partial charge in [0.2, 0.25) is 0 Å². The number of benzene rings is 2. The molecule has 0 fully saturated rings. The molecule has 156 valence electrons. The Morgan fingerprint density at radius 2 is 1.93 bits per heavy atom. The minimum Gasteiger partial charge on any atom is -0.508 e. The summed E-state index contributed by atoms with van der Waals surface area (Å²) in [6.07, 6.45) is -0.926. The van der Waals surface area contributed by atoms with Crippen molar-refractivity contribution in [2.24, 2.45) is 5.92 Å². The van der Waals surface area contributed by atoms with Gasteiger partial charge in [0.25, 0.3) is 0 Å². The number of carbonyl (C=O) groups excluding carboxylic acids is 2. The van der Waals surface area contributed by atoms with Crippen LogP contribution in [0.4, 0.5) is 10.5 Å². The third-order valence-electron chi connectivity index (χ3n) is 4.10. The fourth-order valence-electron chi connectivity index (χ4n) is 2.59. The molecule has 1 amide bonds. The first-order valence-electron chi connectivity index (χ1n) is 8.78. The summed E-state index contributed by atoms with van der Waals surface area (Å²) in [4.78, 5) is 23.8. The van der Waals surface area contributed by atoms with Gasteiger partial charge in [-0.15, -0.1) is 0 Å². The minimum atomic E-state index is -0.727. The second-order valence-corrected chi connectivity index (χ2v) is 8.78. The van der Waals surface area contributed by atoms with E-state index >= 15 is 0 Å². The van der Waals surface area contributed by atoms with Crippen LogP contribution in [-0.4, -0.2) is 29.5 Å². The molecule has 29 heavy (non-hydrogen) atoms. The topological polar surface area (TPSA) is 84.9 Å². The van der Waals surface area contributed by atoms with E-state index in [-0.39, 0.29) is 24.0 Å². The molecule has 0 aliphatic heterocycles. The first kappa shape index (κ1) is 23.8. The van der Waals surface area contributed by atoms with Crippen LogP contribution in [0.5, 0.6) is 5.75 Å². The number of rotatable bonds is 8. The van der Waals surface area contributed by atoms with Gasteiger partial charge in [-0.3, -0.25) is 10.1 Å². The first-order chi connectivity index (χ1) is 13.8. The van der Waals surface area contributed by atoms with Crippen molar-refractivity contribution >= 4 is 68.9 Å². The summed E-state index contributed by atoms with van der Waals surface area (Å²) in [6.45, 7) is 2.03. The van der Waals surface area contributed by atoms with Crippen molar-refractivity contribution in [3.8, 4) is 5.75 Å². The highest BCUT2D eigenvalue weighted by molar-refractivity contribution is 14.1. The summed E-state index contributed by atoms with van der Waals surface area (Å²) in [5.41, 5.74) is 1.08. The smallest absolute Gasteiger partial charge is 0.412 e. The maximum Gasteiger partial charge on any atom is 0.412 e. The van der Waals surface area contributed by atoms with E-state index in [1.54, 1.807) is 42.5 Å². The Labute approximate surface area is 197 Å². The van der Waals surface area contributed by atoms with Crippen molar-refractivity contribution in [1.82, 2.24) is 0 Å². The minimum absolute atomic E-state index is 0.00156. The number of aromatic hydroxyl groups is 1. The summed E-state index contributed by atoms with van der Waals surface area (Å²) in [7, 11) is 0. The van der Waals surface area contributed by atoms with Crippen LogP contribution in [0.3, 0.4) is 0 Å². The van der Waals surface area contributed by atoms with E-state index in [1.165, 1.54) is 0 Å². The van der Waals surface area contributed by atoms with Crippen LogP contribution in [0, 0.1) is 9.49 Å². The lowest BCUT2D eigenvalue weighted by Gasteiger charge is -2.25. The molecular weight excluding hydrogens is 573 g/mol. The number of phenols is 1. The van der Waals surface area contributed by atoms with Gasteiger partial charge >= 0.3 is 12.1 Å². The lowest BCUT2D eigenvalue weighted by atomic mass is 9.94. The van der Waals surface area contributed by atoms with Gasteiger partial charge < -0.3 is 14.6 Å². The molecule has 2 aromatic rings. The molecule has 0 aliphatic rings. The van der Waals surface area contributed by atoms with Crippen molar-refractivity contribution in [1.29, 1.82) is 0 Å².